The molecule has 2 rings (SSSR count). The molecule has 1 aliphatic heterocycles. The van der Waals surface area contributed by atoms with E-state index in [1.165, 1.54) is 0 Å². The highest BCUT2D eigenvalue weighted by Crippen LogP contribution is 2.18. The molecule has 2 atom stereocenters. The van der Waals surface area contributed by atoms with Gasteiger partial charge in [0.25, 0.3) is 5.91 Å². The molecule has 118 valence electrons. The van der Waals surface area contributed by atoms with E-state index < -0.39 is 0 Å². The quantitative estimate of drug-likeness (QED) is 0.788. The second-order valence-electron chi connectivity index (χ2n) is 5.60. The smallest absolute Gasteiger partial charge is 0.251 e. The van der Waals surface area contributed by atoms with Crippen molar-refractivity contribution in [3.05, 3.63) is 29.8 Å². The minimum atomic E-state index is -0.0664. The first kappa shape index (κ1) is 16.4. The standard InChI is InChI=1S/C18H23NO3/c1-3-12-21-17-10-7-15(8-11-17)18(20)19-14(2)6-9-16-5-4-13-22-16/h1,7-8,10-11,14,16H,4-6,9,12-13H2,2H3,(H,19,20). The van der Waals surface area contributed by atoms with Crippen molar-refractivity contribution in [3.63, 3.8) is 0 Å². The molecule has 0 saturated carbocycles. The molecule has 0 bridgehead atoms. The van der Waals surface area contributed by atoms with Gasteiger partial charge in [-0.1, -0.05) is 5.92 Å². The molecular weight excluding hydrogens is 278 g/mol. The van der Waals surface area contributed by atoms with Crippen LogP contribution in [0.15, 0.2) is 24.3 Å². The molecule has 1 aromatic rings. The highest BCUT2D eigenvalue weighted by Gasteiger charge is 2.17. The van der Waals surface area contributed by atoms with Crippen LogP contribution in [-0.4, -0.2) is 31.3 Å². The summed E-state index contributed by atoms with van der Waals surface area (Å²) in [6.07, 6.45) is 9.72. The van der Waals surface area contributed by atoms with Crippen LogP contribution in [0, 0.1) is 12.3 Å². The summed E-state index contributed by atoms with van der Waals surface area (Å²) < 4.78 is 10.9. The first-order valence-electron chi connectivity index (χ1n) is 7.78. The van der Waals surface area contributed by atoms with E-state index in [4.69, 9.17) is 15.9 Å². The molecule has 1 saturated heterocycles. The highest BCUT2D eigenvalue weighted by atomic mass is 16.5. The van der Waals surface area contributed by atoms with Crippen molar-refractivity contribution >= 4 is 5.91 Å². The van der Waals surface area contributed by atoms with Crippen molar-refractivity contribution in [3.8, 4) is 18.1 Å². The molecule has 0 radical (unpaired) electrons. The Morgan fingerprint density at radius 1 is 1.50 bits per heavy atom. The Morgan fingerprint density at radius 3 is 2.91 bits per heavy atom. The van der Waals surface area contributed by atoms with Crippen molar-refractivity contribution in [1.82, 2.24) is 5.32 Å². The minimum absolute atomic E-state index is 0.0664. The Bertz CT molecular complexity index is 512. The van der Waals surface area contributed by atoms with Gasteiger partial charge in [0.05, 0.1) is 6.10 Å². The molecule has 1 amide bonds. The van der Waals surface area contributed by atoms with Gasteiger partial charge in [-0.2, -0.15) is 0 Å². The molecule has 1 aromatic carbocycles. The van der Waals surface area contributed by atoms with Gasteiger partial charge in [-0.3, -0.25) is 4.79 Å². The Labute approximate surface area is 132 Å². The number of nitrogens with one attached hydrogen (secondary N) is 1. The number of carbonyl (C=O) groups is 1. The minimum Gasteiger partial charge on any atom is -0.481 e. The first-order valence-corrected chi connectivity index (χ1v) is 7.78. The normalized spacial score (nSPS) is 18.5. The zero-order valence-electron chi connectivity index (χ0n) is 13.0. The second kappa shape index (κ2) is 8.45. The van der Waals surface area contributed by atoms with Crippen LogP contribution in [0.4, 0.5) is 0 Å². The predicted molar refractivity (Wildman–Crippen MR) is 85.9 cm³/mol. The molecule has 0 spiro atoms. The van der Waals surface area contributed by atoms with Crippen LogP contribution in [-0.2, 0) is 4.74 Å². The molecule has 1 N–H and O–H groups in total. The van der Waals surface area contributed by atoms with Gasteiger partial charge in [0.15, 0.2) is 0 Å². The molecular formula is C18H23NO3. The lowest BCUT2D eigenvalue weighted by Crippen LogP contribution is -2.33. The fraction of sp³-hybridized carbons (Fsp3) is 0.500. The molecule has 2 unspecified atom stereocenters. The lowest BCUT2D eigenvalue weighted by Gasteiger charge is -2.16. The molecule has 0 aromatic heterocycles. The topological polar surface area (TPSA) is 47.6 Å². The van der Waals surface area contributed by atoms with Gasteiger partial charge in [0.2, 0.25) is 0 Å². The summed E-state index contributed by atoms with van der Waals surface area (Å²) in [6, 6.07) is 7.13. The maximum absolute atomic E-state index is 12.2. The van der Waals surface area contributed by atoms with Crippen LogP contribution < -0.4 is 10.1 Å². The Kier molecular flexibility index (Phi) is 6.29. The van der Waals surface area contributed by atoms with E-state index in [-0.39, 0.29) is 18.6 Å². The Morgan fingerprint density at radius 2 is 2.27 bits per heavy atom. The average Bonchev–Trinajstić information content (AvgIpc) is 3.05. The van der Waals surface area contributed by atoms with Crippen molar-refractivity contribution in [2.75, 3.05) is 13.2 Å². The zero-order valence-corrected chi connectivity index (χ0v) is 13.0. The third-order valence-electron chi connectivity index (χ3n) is 3.76. The molecule has 1 aliphatic rings. The van der Waals surface area contributed by atoms with E-state index in [0.717, 1.165) is 32.3 Å². The van der Waals surface area contributed by atoms with Gasteiger partial charge in [0, 0.05) is 18.2 Å². The maximum atomic E-state index is 12.2. The van der Waals surface area contributed by atoms with Crippen LogP contribution in [0.5, 0.6) is 5.75 Å². The van der Waals surface area contributed by atoms with E-state index >= 15 is 0 Å². The summed E-state index contributed by atoms with van der Waals surface area (Å²) in [4.78, 5) is 12.2. The van der Waals surface area contributed by atoms with Gasteiger partial charge in [-0.05, 0) is 56.9 Å². The van der Waals surface area contributed by atoms with Crippen LogP contribution in [0.2, 0.25) is 0 Å². The van der Waals surface area contributed by atoms with Gasteiger partial charge < -0.3 is 14.8 Å². The third-order valence-corrected chi connectivity index (χ3v) is 3.76. The third kappa shape index (κ3) is 5.09. The van der Waals surface area contributed by atoms with Crippen molar-refractivity contribution in [1.29, 1.82) is 0 Å². The van der Waals surface area contributed by atoms with E-state index in [2.05, 4.69) is 11.2 Å². The summed E-state index contributed by atoms with van der Waals surface area (Å²) in [7, 11) is 0. The highest BCUT2D eigenvalue weighted by molar-refractivity contribution is 5.94. The largest absolute Gasteiger partial charge is 0.481 e. The molecule has 4 nitrogen and oxygen atoms in total. The van der Waals surface area contributed by atoms with E-state index in [1.54, 1.807) is 24.3 Å². The SMILES string of the molecule is C#CCOc1ccc(C(=O)NC(C)CCC2CCCO2)cc1. The van der Waals surface area contributed by atoms with E-state index in [9.17, 15) is 4.79 Å². The van der Waals surface area contributed by atoms with Gasteiger partial charge in [-0.15, -0.1) is 6.42 Å². The number of hydrogen-bond acceptors (Lipinski definition) is 3. The zero-order chi connectivity index (χ0) is 15.8. The number of rotatable bonds is 7. The second-order valence-corrected chi connectivity index (χ2v) is 5.60. The monoisotopic (exact) mass is 301 g/mol. The van der Waals surface area contributed by atoms with Crippen LogP contribution in [0.1, 0.15) is 43.0 Å². The summed E-state index contributed by atoms with van der Waals surface area (Å²) in [5.74, 6) is 3.01. The lowest BCUT2D eigenvalue weighted by atomic mass is 10.1. The van der Waals surface area contributed by atoms with Gasteiger partial charge in [0.1, 0.15) is 12.4 Å². The molecule has 4 heteroatoms. The van der Waals surface area contributed by atoms with Crippen LogP contribution in [0.25, 0.3) is 0 Å². The van der Waals surface area contributed by atoms with E-state index in [0.29, 0.717) is 17.4 Å². The number of amides is 1. The van der Waals surface area contributed by atoms with Gasteiger partial charge in [-0.25, -0.2) is 0 Å². The number of hydrogen-bond donors (Lipinski definition) is 1. The molecule has 22 heavy (non-hydrogen) atoms. The summed E-state index contributed by atoms with van der Waals surface area (Å²) in [6.45, 7) is 3.13. The number of terminal acetylenes is 1. The summed E-state index contributed by atoms with van der Waals surface area (Å²) >= 11 is 0. The van der Waals surface area contributed by atoms with Crippen LogP contribution >= 0.6 is 0 Å². The fourth-order valence-electron chi connectivity index (χ4n) is 2.51. The van der Waals surface area contributed by atoms with Crippen molar-refractivity contribution in [2.45, 2.75) is 44.8 Å². The predicted octanol–water partition coefficient (Wildman–Crippen LogP) is 2.78. The Hall–Kier alpha value is -1.99. The number of ether oxygens (including phenoxy) is 2. The number of benzene rings is 1. The summed E-state index contributed by atoms with van der Waals surface area (Å²) in [5, 5.41) is 3.02. The van der Waals surface area contributed by atoms with E-state index in [1.807, 2.05) is 6.92 Å². The molecule has 0 aliphatic carbocycles. The lowest BCUT2D eigenvalue weighted by molar-refractivity contribution is 0.0899. The van der Waals surface area contributed by atoms with Crippen molar-refractivity contribution in [2.24, 2.45) is 0 Å². The molecule has 1 heterocycles. The van der Waals surface area contributed by atoms with Crippen LogP contribution in [0.3, 0.4) is 0 Å². The van der Waals surface area contributed by atoms with Gasteiger partial charge >= 0.3 is 0 Å². The first-order chi connectivity index (χ1) is 10.7. The Balaban J connectivity index is 1.76. The average molecular weight is 301 g/mol. The number of carbonyl (C=O) groups excluding carboxylic acids is 1. The molecule has 1 fully saturated rings. The fourth-order valence-corrected chi connectivity index (χ4v) is 2.51. The van der Waals surface area contributed by atoms with Crippen molar-refractivity contribution < 1.29 is 14.3 Å². The maximum Gasteiger partial charge on any atom is 0.251 e. The summed E-state index contributed by atoms with van der Waals surface area (Å²) in [5.41, 5.74) is 0.622.